The van der Waals surface area contributed by atoms with Crippen LogP contribution in [0.2, 0.25) is 0 Å². The van der Waals surface area contributed by atoms with Gasteiger partial charge in [-0.2, -0.15) is 0 Å². The van der Waals surface area contributed by atoms with Crippen LogP contribution >= 0.6 is 0 Å². The van der Waals surface area contributed by atoms with E-state index in [1.54, 1.807) is 12.1 Å². The molecule has 2 aromatic rings. The van der Waals surface area contributed by atoms with Crippen molar-refractivity contribution in [2.24, 2.45) is 0 Å². The number of amides is 1. The minimum atomic E-state index is -3.49. The third kappa shape index (κ3) is 5.44. The second kappa shape index (κ2) is 8.65. The van der Waals surface area contributed by atoms with Gasteiger partial charge in [0.2, 0.25) is 10.0 Å². The van der Waals surface area contributed by atoms with Gasteiger partial charge in [0, 0.05) is 30.7 Å². The van der Waals surface area contributed by atoms with Crippen LogP contribution in [0.5, 0.6) is 0 Å². The zero-order chi connectivity index (χ0) is 20.3. The Balaban J connectivity index is 1.33. The van der Waals surface area contributed by atoms with Gasteiger partial charge in [0.1, 0.15) is 0 Å². The first-order chi connectivity index (χ1) is 14.0. The van der Waals surface area contributed by atoms with E-state index in [1.165, 1.54) is 17.7 Å². The van der Waals surface area contributed by atoms with Gasteiger partial charge in [-0.05, 0) is 62.1 Å². The van der Waals surface area contributed by atoms with E-state index >= 15 is 0 Å². The van der Waals surface area contributed by atoms with Crippen LogP contribution in [0.25, 0.3) is 0 Å². The normalized spacial score (nSPS) is 20.3. The highest BCUT2D eigenvalue weighted by atomic mass is 32.2. The summed E-state index contributed by atoms with van der Waals surface area (Å²) in [4.78, 5) is 15.2. The number of nitrogens with zero attached hydrogens (tertiary/aromatic N) is 1. The van der Waals surface area contributed by atoms with E-state index in [0.29, 0.717) is 5.56 Å². The van der Waals surface area contributed by atoms with Crippen molar-refractivity contribution in [3.05, 3.63) is 65.7 Å². The topological polar surface area (TPSA) is 78.5 Å². The van der Waals surface area contributed by atoms with Crippen LogP contribution < -0.4 is 10.0 Å². The van der Waals surface area contributed by atoms with Crippen molar-refractivity contribution < 1.29 is 13.2 Å². The van der Waals surface area contributed by atoms with E-state index in [9.17, 15) is 13.2 Å². The highest BCUT2D eigenvalue weighted by molar-refractivity contribution is 7.89. The minimum Gasteiger partial charge on any atom is -0.348 e. The first-order valence-corrected chi connectivity index (χ1v) is 11.7. The summed E-state index contributed by atoms with van der Waals surface area (Å²) >= 11 is 0. The highest BCUT2D eigenvalue weighted by Crippen LogP contribution is 2.22. The third-order valence-electron chi connectivity index (χ3n) is 5.42. The van der Waals surface area contributed by atoms with Crippen LogP contribution in [0.4, 0.5) is 0 Å². The maximum atomic E-state index is 12.6. The average molecular weight is 414 g/mol. The quantitative estimate of drug-likeness (QED) is 0.731. The summed E-state index contributed by atoms with van der Waals surface area (Å²) in [7, 11) is -3.49. The van der Waals surface area contributed by atoms with Gasteiger partial charge in [-0.3, -0.25) is 9.69 Å². The second-order valence-electron chi connectivity index (χ2n) is 7.95. The minimum absolute atomic E-state index is 0.0631. The zero-order valence-corrected chi connectivity index (χ0v) is 17.2. The zero-order valence-electron chi connectivity index (χ0n) is 16.4. The van der Waals surface area contributed by atoms with Crippen molar-refractivity contribution >= 4 is 15.9 Å². The molecule has 7 heteroatoms. The van der Waals surface area contributed by atoms with Crippen molar-refractivity contribution in [3.8, 4) is 0 Å². The van der Waals surface area contributed by atoms with Crippen molar-refractivity contribution in [2.75, 3.05) is 13.1 Å². The number of carbonyl (C=O) groups excluding carboxylic acids is 1. The summed E-state index contributed by atoms with van der Waals surface area (Å²) in [5.74, 6) is -0.157. The lowest BCUT2D eigenvalue weighted by molar-refractivity contribution is 0.0900. The van der Waals surface area contributed by atoms with E-state index in [2.05, 4.69) is 27.1 Å². The van der Waals surface area contributed by atoms with Gasteiger partial charge in [0.15, 0.2) is 0 Å². The van der Waals surface area contributed by atoms with Crippen LogP contribution in [0.15, 0.2) is 59.5 Å². The molecule has 0 spiro atoms. The van der Waals surface area contributed by atoms with Gasteiger partial charge < -0.3 is 5.32 Å². The number of hydrogen-bond donors (Lipinski definition) is 2. The Labute approximate surface area is 172 Å². The lowest BCUT2D eigenvalue weighted by Gasteiger charge is -2.33. The SMILES string of the molecule is O=C(NC1CCCN(Cc2ccccc2)C1)c1ccc(S(=O)(=O)NC2CC2)cc1. The summed E-state index contributed by atoms with van der Waals surface area (Å²) in [6.45, 7) is 2.73. The first-order valence-electron chi connectivity index (χ1n) is 10.2. The molecule has 2 aliphatic rings. The Hall–Kier alpha value is -2.22. The first kappa shape index (κ1) is 20.1. The van der Waals surface area contributed by atoms with E-state index in [0.717, 1.165) is 45.3 Å². The van der Waals surface area contributed by atoms with E-state index in [4.69, 9.17) is 0 Å². The lowest BCUT2D eigenvalue weighted by Crippen LogP contribution is -2.47. The molecule has 1 amide bonds. The number of hydrogen-bond acceptors (Lipinski definition) is 4. The fraction of sp³-hybridized carbons (Fsp3) is 0.409. The van der Waals surface area contributed by atoms with Gasteiger partial charge in [-0.15, -0.1) is 0 Å². The molecule has 0 radical (unpaired) electrons. The van der Waals surface area contributed by atoms with Gasteiger partial charge in [-0.25, -0.2) is 13.1 Å². The summed E-state index contributed by atoms with van der Waals surface area (Å²) in [5, 5.41) is 3.11. The Morgan fingerprint density at radius 2 is 1.69 bits per heavy atom. The van der Waals surface area contributed by atoms with Crippen LogP contribution in [0, 0.1) is 0 Å². The van der Waals surface area contributed by atoms with E-state index in [1.807, 2.05) is 18.2 Å². The van der Waals surface area contributed by atoms with Gasteiger partial charge in [0.25, 0.3) is 5.91 Å². The maximum Gasteiger partial charge on any atom is 0.251 e. The molecule has 1 heterocycles. The number of benzene rings is 2. The molecule has 1 saturated heterocycles. The summed E-state index contributed by atoms with van der Waals surface area (Å²) in [5.41, 5.74) is 1.76. The molecule has 2 fully saturated rings. The summed E-state index contributed by atoms with van der Waals surface area (Å²) in [6.07, 6.45) is 3.78. The number of rotatable bonds is 7. The monoisotopic (exact) mass is 413 g/mol. The molecule has 2 aromatic carbocycles. The molecule has 1 aliphatic carbocycles. The van der Waals surface area contributed by atoms with Crippen LogP contribution in [0.1, 0.15) is 41.6 Å². The number of carbonyl (C=O) groups is 1. The van der Waals surface area contributed by atoms with Gasteiger partial charge >= 0.3 is 0 Å². The van der Waals surface area contributed by atoms with Gasteiger partial charge in [0.05, 0.1) is 4.90 Å². The number of sulfonamides is 1. The molecule has 4 rings (SSSR count). The lowest BCUT2D eigenvalue weighted by atomic mass is 10.0. The van der Waals surface area contributed by atoms with E-state index < -0.39 is 10.0 Å². The van der Waals surface area contributed by atoms with Crippen molar-refractivity contribution in [2.45, 2.75) is 49.2 Å². The fourth-order valence-corrected chi connectivity index (χ4v) is 5.01. The molecule has 1 unspecified atom stereocenters. The molecule has 6 nitrogen and oxygen atoms in total. The molecule has 154 valence electrons. The Bertz CT molecular complexity index is 941. The second-order valence-corrected chi connectivity index (χ2v) is 9.67. The van der Waals surface area contributed by atoms with Crippen LogP contribution in [-0.2, 0) is 16.6 Å². The molecule has 0 bridgehead atoms. The predicted molar refractivity (Wildman–Crippen MR) is 112 cm³/mol. The Kier molecular flexibility index (Phi) is 5.99. The van der Waals surface area contributed by atoms with Gasteiger partial charge in [-0.1, -0.05) is 30.3 Å². The summed E-state index contributed by atoms with van der Waals surface area (Å²) in [6, 6.07) is 16.7. The van der Waals surface area contributed by atoms with Crippen LogP contribution in [-0.4, -0.2) is 44.4 Å². The summed E-state index contributed by atoms with van der Waals surface area (Å²) < 4.78 is 27.2. The molecule has 29 heavy (non-hydrogen) atoms. The number of piperidine rings is 1. The van der Waals surface area contributed by atoms with Crippen molar-refractivity contribution in [3.63, 3.8) is 0 Å². The van der Waals surface area contributed by atoms with Crippen molar-refractivity contribution in [1.29, 1.82) is 0 Å². The highest BCUT2D eigenvalue weighted by Gasteiger charge is 2.28. The number of nitrogens with one attached hydrogen (secondary N) is 2. The average Bonchev–Trinajstić information content (AvgIpc) is 3.52. The molecule has 2 N–H and O–H groups in total. The third-order valence-corrected chi connectivity index (χ3v) is 6.95. The fourth-order valence-electron chi connectivity index (χ4n) is 3.70. The maximum absolute atomic E-state index is 12.6. The van der Waals surface area contributed by atoms with Crippen LogP contribution in [0.3, 0.4) is 0 Å². The molecule has 1 aliphatic heterocycles. The molecular formula is C22H27N3O3S. The molecule has 1 atom stereocenters. The largest absolute Gasteiger partial charge is 0.348 e. The smallest absolute Gasteiger partial charge is 0.251 e. The standard InChI is InChI=1S/C22H27N3O3S/c26-22(18-8-12-21(13-9-18)29(27,28)24-19-10-11-19)23-20-7-4-14-25(16-20)15-17-5-2-1-3-6-17/h1-3,5-6,8-9,12-13,19-20,24H,4,7,10-11,14-16H2,(H,23,26). The Morgan fingerprint density at radius 1 is 0.966 bits per heavy atom. The van der Waals surface area contributed by atoms with E-state index in [-0.39, 0.29) is 22.9 Å². The number of likely N-dealkylation sites (tertiary alicyclic amines) is 1. The molecule has 0 aromatic heterocycles. The predicted octanol–water partition coefficient (Wildman–Crippen LogP) is 2.52. The Morgan fingerprint density at radius 3 is 2.38 bits per heavy atom. The molecule has 1 saturated carbocycles. The molecular weight excluding hydrogens is 386 g/mol. The van der Waals surface area contributed by atoms with Crippen molar-refractivity contribution in [1.82, 2.24) is 14.9 Å².